The molecule has 2 aromatic carbocycles. The largest absolute Gasteiger partial charge is 0.502 e. The fourth-order valence-electron chi connectivity index (χ4n) is 2.51. The highest BCUT2D eigenvalue weighted by atomic mass is 35.5. The van der Waals surface area contributed by atoms with Crippen molar-refractivity contribution < 1.29 is 19.4 Å². The summed E-state index contributed by atoms with van der Waals surface area (Å²) < 4.78 is 5.18. The molecule has 1 aliphatic heterocycles. The number of aliphatic hydroxyl groups excluding tert-OH is 1. The Hall–Kier alpha value is -2.21. The molecule has 3 rings (SSSR count). The van der Waals surface area contributed by atoms with E-state index in [9.17, 15) is 14.7 Å². The second-order valence-corrected chi connectivity index (χ2v) is 6.39. The first kappa shape index (κ1) is 17.6. The number of methoxy groups -OCH3 is 1. The van der Waals surface area contributed by atoms with Gasteiger partial charge in [-0.15, -0.1) is 0 Å². The third kappa shape index (κ3) is 2.95. The molecule has 128 valence electrons. The molecule has 0 aromatic heterocycles. The van der Waals surface area contributed by atoms with E-state index < -0.39 is 17.6 Å². The molecule has 0 spiro atoms. The quantitative estimate of drug-likeness (QED) is 0.773. The van der Waals surface area contributed by atoms with Crippen LogP contribution in [-0.4, -0.2) is 24.0 Å². The average molecular weight is 399 g/mol. The van der Waals surface area contributed by atoms with E-state index in [1.165, 1.54) is 37.4 Å². The Morgan fingerprint density at radius 2 is 1.60 bits per heavy atom. The Labute approximate surface area is 158 Å². The van der Waals surface area contributed by atoms with Crippen LogP contribution in [0.3, 0.4) is 0 Å². The molecule has 2 aromatic rings. The molecule has 5 nitrogen and oxygen atoms in total. The molecule has 0 fully saturated rings. The first-order chi connectivity index (χ1) is 11.8. The minimum atomic E-state index is -0.897. The zero-order valence-electron chi connectivity index (χ0n) is 12.7. The van der Waals surface area contributed by atoms with Crippen molar-refractivity contribution in [2.75, 3.05) is 12.0 Å². The van der Waals surface area contributed by atoms with Gasteiger partial charge in [-0.05, 0) is 30.3 Å². The average Bonchev–Trinajstić information content (AvgIpc) is 2.78. The number of hydrogen-bond donors (Lipinski definition) is 1. The Morgan fingerprint density at radius 1 is 0.960 bits per heavy atom. The summed E-state index contributed by atoms with van der Waals surface area (Å²) in [4.78, 5) is 26.1. The first-order valence-corrected chi connectivity index (χ1v) is 8.09. The van der Waals surface area contributed by atoms with Crippen LogP contribution in [0, 0.1) is 0 Å². The lowest BCUT2D eigenvalue weighted by Crippen LogP contribution is -2.31. The number of carbonyl (C=O) groups is 2. The molecular weight excluding hydrogens is 389 g/mol. The summed E-state index contributed by atoms with van der Waals surface area (Å²) in [6.45, 7) is 0. The number of aliphatic hydroxyl groups is 1. The van der Waals surface area contributed by atoms with Gasteiger partial charge in [0, 0.05) is 15.6 Å². The van der Waals surface area contributed by atoms with Crippen LogP contribution in [0.4, 0.5) is 5.69 Å². The molecule has 0 radical (unpaired) electrons. The van der Waals surface area contributed by atoms with Gasteiger partial charge in [0.15, 0.2) is 5.76 Å². The third-order valence-electron chi connectivity index (χ3n) is 3.64. The van der Waals surface area contributed by atoms with E-state index in [1.807, 2.05) is 0 Å². The van der Waals surface area contributed by atoms with Gasteiger partial charge in [-0.25, -0.2) is 4.90 Å². The predicted octanol–water partition coefficient (Wildman–Crippen LogP) is 4.50. The van der Waals surface area contributed by atoms with Gasteiger partial charge >= 0.3 is 5.91 Å². The summed E-state index contributed by atoms with van der Waals surface area (Å²) in [5, 5.41) is 11.0. The lowest BCUT2D eigenvalue weighted by Gasteiger charge is -2.18. The molecule has 2 amide bonds. The van der Waals surface area contributed by atoms with Crippen LogP contribution in [0.5, 0.6) is 5.75 Å². The second kappa shape index (κ2) is 6.59. The SMILES string of the molecule is COc1ccc(Cl)cc1N1C(=O)C(O)=C(c2ccc(Cl)cc2Cl)C1=O. The molecule has 1 heterocycles. The van der Waals surface area contributed by atoms with Crippen molar-refractivity contribution in [3.05, 3.63) is 62.8 Å². The molecule has 0 saturated heterocycles. The maximum Gasteiger partial charge on any atom is 0.301 e. The van der Waals surface area contributed by atoms with Crippen LogP contribution in [0.1, 0.15) is 5.56 Å². The van der Waals surface area contributed by atoms with Gasteiger partial charge in [-0.2, -0.15) is 0 Å². The number of hydrogen-bond acceptors (Lipinski definition) is 4. The molecule has 0 saturated carbocycles. The number of halogens is 3. The number of anilines is 1. The zero-order valence-corrected chi connectivity index (χ0v) is 15.0. The molecule has 1 N–H and O–H groups in total. The number of nitrogens with zero attached hydrogens (tertiary/aromatic N) is 1. The highest BCUT2D eigenvalue weighted by molar-refractivity contribution is 6.47. The van der Waals surface area contributed by atoms with Crippen molar-refractivity contribution in [3.63, 3.8) is 0 Å². The smallest absolute Gasteiger partial charge is 0.301 e. The standard InChI is InChI=1S/C17H10Cl3NO4/c1-25-13-5-3-9(19)7-12(13)21-16(23)14(15(22)17(21)24)10-4-2-8(18)6-11(10)20/h2-7,22H,1H3. The topological polar surface area (TPSA) is 66.8 Å². The summed E-state index contributed by atoms with van der Waals surface area (Å²) in [6, 6.07) is 8.85. The highest BCUT2D eigenvalue weighted by Gasteiger charge is 2.42. The monoisotopic (exact) mass is 397 g/mol. The van der Waals surface area contributed by atoms with Gasteiger partial charge in [0.05, 0.1) is 23.4 Å². The number of benzene rings is 2. The van der Waals surface area contributed by atoms with E-state index in [1.54, 1.807) is 6.07 Å². The fourth-order valence-corrected chi connectivity index (χ4v) is 3.18. The molecule has 8 heteroatoms. The maximum atomic E-state index is 12.8. The Kier molecular flexibility index (Phi) is 4.64. The van der Waals surface area contributed by atoms with Gasteiger partial charge in [-0.3, -0.25) is 9.59 Å². The summed E-state index contributed by atoms with van der Waals surface area (Å²) in [7, 11) is 1.39. The lowest BCUT2D eigenvalue weighted by atomic mass is 10.1. The number of carbonyl (C=O) groups excluding carboxylic acids is 2. The van der Waals surface area contributed by atoms with E-state index in [0.29, 0.717) is 10.0 Å². The number of amides is 2. The molecule has 0 aliphatic carbocycles. The van der Waals surface area contributed by atoms with Crippen molar-refractivity contribution in [3.8, 4) is 5.75 Å². The van der Waals surface area contributed by atoms with Crippen LogP contribution < -0.4 is 9.64 Å². The van der Waals surface area contributed by atoms with Crippen molar-refractivity contribution in [2.45, 2.75) is 0 Å². The third-order valence-corrected chi connectivity index (χ3v) is 4.42. The highest BCUT2D eigenvalue weighted by Crippen LogP contribution is 2.39. The van der Waals surface area contributed by atoms with E-state index in [2.05, 4.69) is 0 Å². The van der Waals surface area contributed by atoms with Crippen molar-refractivity contribution in [1.29, 1.82) is 0 Å². The van der Waals surface area contributed by atoms with E-state index >= 15 is 0 Å². The van der Waals surface area contributed by atoms with Crippen molar-refractivity contribution in [1.82, 2.24) is 0 Å². The van der Waals surface area contributed by atoms with Gasteiger partial charge in [0.2, 0.25) is 0 Å². The molecule has 0 atom stereocenters. The summed E-state index contributed by atoms with van der Waals surface area (Å²) in [5.41, 5.74) is 0.107. The van der Waals surface area contributed by atoms with Gasteiger partial charge in [0.25, 0.3) is 5.91 Å². The van der Waals surface area contributed by atoms with Crippen LogP contribution >= 0.6 is 34.8 Å². The van der Waals surface area contributed by atoms with E-state index in [-0.39, 0.29) is 27.6 Å². The van der Waals surface area contributed by atoms with Crippen molar-refractivity contribution in [2.24, 2.45) is 0 Å². The minimum absolute atomic E-state index is 0.122. The van der Waals surface area contributed by atoms with Gasteiger partial charge < -0.3 is 9.84 Å². The molecule has 25 heavy (non-hydrogen) atoms. The van der Waals surface area contributed by atoms with E-state index in [4.69, 9.17) is 39.5 Å². The molecular formula is C17H10Cl3NO4. The minimum Gasteiger partial charge on any atom is -0.502 e. The maximum absolute atomic E-state index is 12.8. The molecule has 1 aliphatic rings. The van der Waals surface area contributed by atoms with Crippen LogP contribution in [-0.2, 0) is 9.59 Å². The summed E-state index contributed by atoms with van der Waals surface area (Å²) in [6.07, 6.45) is 0. The summed E-state index contributed by atoms with van der Waals surface area (Å²) >= 11 is 17.9. The van der Waals surface area contributed by atoms with Gasteiger partial charge in [-0.1, -0.05) is 40.9 Å². The fraction of sp³-hybridized carbons (Fsp3) is 0.0588. The van der Waals surface area contributed by atoms with E-state index in [0.717, 1.165) is 4.90 Å². The normalized spacial score (nSPS) is 14.5. The van der Waals surface area contributed by atoms with Crippen LogP contribution in [0.25, 0.3) is 5.57 Å². The predicted molar refractivity (Wildman–Crippen MR) is 96.5 cm³/mol. The molecule has 0 unspecified atom stereocenters. The Bertz CT molecular complexity index is 939. The second-order valence-electron chi connectivity index (χ2n) is 5.11. The zero-order chi connectivity index (χ0) is 18.3. The number of imide groups is 1. The Morgan fingerprint density at radius 3 is 2.24 bits per heavy atom. The number of ether oxygens (including phenoxy) is 1. The lowest BCUT2D eigenvalue weighted by molar-refractivity contribution is -0.121. The Balaban J connectivity index is 2.13. The van der Waals surface area contributed by atoms with Crippen LogP contribution in [0.15, 0.2) is 42.2 Å². The first-order valence-electron chi connectivity index (χ1n) is 6.96. The molecule has 0 bridgehead atoms. The summed E-state index contributed by atoms with van der Waals surface area (Å²) in [5.74, 6) is -2.10. The van der Waals surface area contributed by atoms with Crippen LogP contribution in [0.2, 0.25) is 15.1 Å². The number of rotatable bonds is 3. The van der Waals surface area contributed by atoms with Crippen molar-refractivity contribution >= 4 is 57.9 Å². The van der Waals surface area contributed by atoms with Gasteiger partial charge in [0.1, 0.15) is 5.75 Å².